The van der Waals surface area contributed by atoms with Gasteiger partial charge in [0.25, 0.3) is 9.05 Å². The van der Waals surface area contributed by atoms with E-state index >= 15 is 0 Å². The zero-order valence-electron chi connectivity index (χ0n) is 9.34. The highest BCUT2D eigenvalue weighted by Gasteiger charge is 2.23. The molecular formula is C10H13ClN2O3S. The third-order valence-electron chi connectivity index (χ3n) is 2.80. The Morgan fingerprint density at radius 2 is 2.29 bits per heavy atom. The van der Waals surface area contributed by atoms with Crippen LogP contribution in [0.3, 0.4) is 0 Å². The van der Waals surface area contributed by atoms with Crippen molar-refractivity contribution in [2.75, 3.05) is 25.1 Å². The molecule has 1 aromatic heterocycles. The van der Waals surface area contributed by atoms with Crippen LogP contribution in [0.4, 0.5) is 5.82 Å². The summed E-state index contributed by atoms with van der Waals surface area (Å²) in [6, 6.07) is 3.12. The minimum atomic E-state index is -3.69. The van der Waals surface area contributed by atoms with Crippen molar-refractivity contribution in [1.29, 1.82) is 0 Å². The van der Waals surface area contributed by atoms with Crippen molar-refractivity contribution in [2.45, 2.75) is 17.4 Å². The van der Waals surface area contributed by atoms with Crippen LogP contribution < -0.4 is 4.90 Å². The quantitative estimate of drug-likeness (QED) is 0.777. The van der Waals surface area contributed by atoms with Crippen LogP contribution in [0.25, 0.3) is 0 Å². The molecule has 17 heavy (non-hydrogen) atoms. The predicted molar refractivity (Wildman–Crippen MR) is 64.9 cm³/mol. The summed E-state index contributed by atoms with van der Waals surface area (Å²) in [6.07, 6.45) is 2.44. The maximum atomic E-state index is 11.1. The third kappa shape index (κ3) is 2.88. The molecule has 1 aromatic rings. The molecule has 0 unspecified atom stereocenters. The number of pyridine rings is 1. The molecular weight excluding hydrogens is 264 g/mol. The Bertz CT molecular complexity index is 489. The molecule has 1 aliphatic heterocycles. The van der Waals surface area contributed by atoms with Crippen LogP contribution in [0.5, 0.6) is 0 Å². The summed E-state index contributed by atoms with van der Waals surface area (Å²) in [5.41, 5.74) is 0. The number of anilines is 1. The van der Waals surface area contributed by atoms with Crippen LogP contribution in [0.1, 0.15) is 6.42 Å². The molecule has 0 bridgehead atoms. The third-order valence-corrected chi connectivity index (χ3v) is 4.14. The van der Waals surface area contributed by atoms with Gasteiger partial charge in [-0.05, 0) is 18.6 Å². The molecule has 0 saturated carbocycles. The fourth-order valence-electron chi connectivity index (χ4n) is 1.83. The second-order valence-electron chi connectivity index (χ2n) is 3.88. The molecule has 2 rings (SSSR count). The van der Waals surface area contributed by atoms with Gasteiger partial charge < -0.3 is 9.64 Å². The lowest BCUT2D eigenvalue weighted by Crippen LogP contribution is -2.23. The van der Waals surface area contributed by atoms with E-state index in [9.17, 15) is 8.42 Å². The number of halogens is 1. The van der Waals surface area contributed by atoms with E-state index < -0.39 is 9.05 Å². The molecule has 7 heteroatoms. The van der Waals surface area contributed by atoms with E-state index in [0.29, 0.717) is 0 Å². The summed E-state index contributed by atoms with van der Waals surface area (Å²) < 4.78 is 27.4. The van der Waals surface area contributed by atoms with Crippen molar-refractivity contribution >= 4 is 25.6 Å². The van der Waals surface area contributed by atoms with Gasteiger partial charge in [-0.3, -0.25) is 0 Å². The number of hydrogen-bond donors (Lipinski definition) is 0. The number of nitrogens with zero attached hydrogens (tertiary/aromatic N) is 2. The van der Waals surface area contributed by atoms with Gasteiger partial charge in [0, 0.05) is 37.1 Å². The second-order valence-corrected chi connectivity index (χ2v) is 6.45. The van der Waals surface area contributed by atoms with Crippen molar-refractivity contribution in [2.24, 2.45) is 0 Å². The van der Waals surface area contributed by atoms with Crippen LogP contribution in [-0.2, 0) is 13.8 Å². The molecule has 1 aliphatic rings. The maximum absolute atomic E-state index is 11.1. The first-order valence-corrected chi connectivity index (χ1v) is 7.50. The SMILES string of the molecule is CO[C@H]1CCN(c2ccc(S(=O)(=O)Cl)cn2)C1. The van der Waals surface area contributed by atoms with Crippen molar-refractivity contribution in [3.8, 4) is 0 Å². The van der Waals surface area contributed by atoms with E-state index in [-0.39, 0.29) is 11.0 Å². The van der Waals surface area contributed by atoms with Gasteiger partial charge in [0.2, 0.25) is 0 Å². The molecule has 1 saturated heterocycles. The highest BCUT2D eigenvalue weighted by molar-refractivity contribution is 8.13. The molecule has 2 heterocycles. The molecule has 0 N–H and O–H groups in total. The van der Waals surface area contributed by atoms with E-state index in [4.69, 9.17) is 15.4 Å². The van der Waals surface area contributed by atoms with E-state index in [1.807, 2.05) is 0 Å². The zero-order valence-corrected chi connectivity index (χ0v) is 10.9. The van der Waals surface area contributed by atoms with Crippen molar-refractivity contribution in [3.63, 3.8) is 0 Å². The van der Waals surface area contributed by atoms with Gasteiger partial charge in [-0.25, -0.2) is 13.4 Å². The first-order chi connectivity index (χ1) is 8.00. The lowest BCUT2D eigenvalue weighted by molar-refractivity contribution is 0.121. The highest BCUT2D eigenvalue weighted by Crippen LogP contribution is 2.21. The summed E-state index contributed by atoms with van der Waals surface area (Å²) in [7, 11) is 3.21. The molecule has 0 radical (unpaired) electrons. The first kappa shape index (κ1) is 12.6. The molecule has 5 nitrogen and oxygen atoms in total. The fraction of sp³-hybridized carbons (Fsp3) is 0.500. The smallest absolute Gasteiger partial charge is 0.262 e. The lowest BCUT2D eigenvalue weighted by Gasteiger charge is -2.16. The Morgan fingerprint density at radius 1 is 1.53 bits per heavy atom. The first-order valence-electron chi connectivity index (χ1n) is 5.19. The van der Waals surface area contributed by atoms with Crippen molar-refractivity contribution in [1.82, 2.24) is 4.98 Å². The maximum Gasteiger partial charge on any atom is 0.262 e. The Balaban J connectivity index is 2.14. The molecule has 0 spiro atoms. The number of rotatable bonds is 3. The van der Waals surface area contributed by atoms with Gasteiger partial charge in [-0.1, -0.05) is 0 Å². The normalized spacial score (nSPS) is 20.8. The largest absolute Gasteiger partial charge is 0.380 e. The average Bonchev–Trinajstić information content (AvgIpc) is 2.76. The summed E-state index contributed by atoms with van der Waals surface area (Å²) in [5.74, 6) is 0.744. The molecule has 0 aromatic carbocycles. The van der Waals surface area contributed by atoms with Crippen molar-refractivity contribution in [3.05, 3.63) is 18.3 Å². The van der Waals surface area contributed by atoms with Gasteiger partial charge >= 0.3 is 0 Å². The summed E-state index contributed by atoms with van der Waals surface area (Å²) in [4.78, 5) is 6.18. The Morgan fingerprint density at radius 3 is 2.76 bits per heavy atom. The minimum absolute atomic E-state index is 0.0189. The Kier molecular flexibility index (Phi) is 3.56. The van der Waals surface area contributed by atoms with Crippen molar-refractivity contribution < 1.29 is 13.2 Å². The standard InChI is InChI=1S/C10H13ClN2O3S/c1-16-8-4-5-13(7-8)10-3-2-9(6-12-10)17(11,14)15/h2-3,6,8H,4-5,7H2,1H3/t8-/m0/s1. The Hall–Kier alpha value is -0.850. The van der Waals surface area contributed by atoms with Crippen LogP contribution in [0.2, 0.25) is 0 Å². The molecule has 0 amide bonds. The summed E-state index contributed by atoms with van der Waals surface area (Å²) >= 11 is 0. The predicted octanol–water partition coefficient (Wildman–Crippen LogP) is 1.23. The van der Waals surface area contributed by atoms with Gasteiger partial charge in [0.1, 0.15) is 10.7 Å². The van der Waals surface area contributed by atoms with Gasteiger partial charge in [-0.2, -0.15) is 0 Å². The van der Waals surface area contributed by atoms with Crippen LogP contribution in [0.15, 0.2) is 23.2 Å². The molecule has 1 fully saturated rings. The zero-order chi connectivity index (χ0) is 12.5. The number of hydrogen-bond acceptors (Lipinski definition) is 5. The van der Waals surface area contributed by atoms with Gasteiger partial charge in [0.05, 0.1) is 6.10 Å². The van der Waals surface area contributed by atoms with Gasteiger partial charge in [-0.15, -0.1) is 0 Å². The van der Waals surface area contributed by atoms with E-state index in [1.54, 1.807) is 13.2 Å². The van der Waals surface area contributed by atoms with Gasteiger partial charge in [0.15, 0.2) is 0 Å². The van der Waals surface area contributed by atoms with Crippen LogP contribution >= 0.6 is 10.7 Å². The van der Waals surface area contributed by atoms with E-state index in [2.05, 4.69) is 9.88 Å². The number of methoxy groups -OCH3 is 1. The molecule has 1 atom stereocenters. The second kappa shape index (κ2) is 4.80. The highest BCUT2D eigenvalue weighted by atomic mass is 35.7. The summed E-state index contributed by atoms with van der Waals surface area (Å²) in [5, 5.41) is 0. The van der Waals surface area contributed by atoms with Crippen LogP contribution in [0, 0.1) is 0 Å². The van der Waals surface area contributed by atoms with E-state index in [1.165, 1.54) is 12.3 Å². The number of aromatic nitrogens is 1. The van der Waals surface area contributed by atoms with E-state index in [0.717, 1.165) is 25.3 Å². The monoisotopic (exact) mass is 276 g/mol. The topological polar surface area (TPSA) is 59.5 Å². The molecule has 94 valence electrons. The summed E-state index contributed by atoms with van der Waals surface area (Å²) in [6.45, 7) is 1.63. The Labute approximate surface area is 105 Å². The fourth-order valence-corrected chi connectivity index (χ4v) is 2.52. The number of ether oxygens (including phenoxy) is 1. The average molecular weight is 277 g/mol. The molecule has 0 aliphatic carbocycles. The lowest BCUT2D eigenvalue weighted by atomic mass is 10.3. The minimum Gasteiger partial charge on any atom is -0.380 e. The van der Waals surface area contributed by atoms with Crippen LogP contribution in [-0.4, -0.2) is 39.7 Å².